The van der Waals surface area contributed by atoms with Crippen LogP contribution < -0.4 is 9.47 Å². The number of unbranched alkanes of at least 4 members (excludes halogenated alkanes) is 7. The van der Waals surface area contributed by atoms with Crippen molar-refractivity contribution >= 4 is 21.8 Å². The van der Waals surface area contributed by atoms with Crippen molar-refractivity contribution in [1.29, 1.82) is 0 Å². The van der Waals surface area contributed by atoms with Crippen molar-refractivity contribution in [3.8, 4) is 11.5 Å². The van der Waals surface area contributed by atoms with Gasteiger partial charge in [-0.3, -0.25) is 19.8 Å². The van der Waals surface area contributed by atoms with Gasteiger partial charge in [0.25, 0.3) is 0 Å². The Morgan fingerprint density at radius 3 is 1.43 bits per heavy atom. The highest BCUT2D eigenvalue weighted by Crippen LogP contribution is 2.44. The quantitative estimate of drug-likeness (QED) is 0.0914. The lowest BCUT2D eigenvalue weighted by molar-refractivity contribution is -0.0562. The molecule has 10 rings (SSSR count). The summed E-state index contributed by atoms with van der Waals surface area (Å²) in [6.07, 6.45) is 19.3. The number of nitrogens with zero attached hydrogens (tertiary/aromatic N) is 4. The topological polar surface area (TPSA) is 91.2 Å². The van der Waals surface area contributed by atoms with Crippen molar-refractivity contribution in [2.75, 3.05) is 39.4 Å². The highest BCUT2D eigenvalue weighted by Gasteiger charge is 2.44. The normalized spacial score (nSPS) is 28.1. The molecule has 8 heteroatoms. The van der Waals surface area contributed by atoms with Crippen molar-refractivity contribution in [1.82, 2.24) is 19.8 Å². The van der Waals surface area contributed by atoms with Crippen LogP contribution in [0.2, 0.25) is 0 Å². The molecule has 0 spiro atoms. The van der Waals surface area contributed by atoms with E-state index >= 15 is 0 Å². The lowest BCUT2D eigenvalue weighted by Crippen LogP contribution is -2.55. The Bertz CT molecular complexity index is 1750. The first-order valence-electron chi connectivity index (χ1n) is 22.4. The molecule has 8 heterocycles. The summed E-state index contributed by atoms with van der Waals surface area (Å²) in [5.41, 5.74) is 3.81. The van der Waals surface area contributed by atoms with Gasteiger partial charge in [0.15, 0.2) is 0 Å². The number of aliphatic hydroxyl groups is 2. The largest absolute Gasteiger partial charge is 0.494 e. The number of piperidine rings is 6. The summed E-state index contributed by atoms with van der Waals surface area (Å²) in [6.45, 7) is 10.5. The zero-order valence-corrected chi connectivity index (χ0v) is 34.0. The first-order valence-corrected chi connectivity index (χ1v) is 22.4. The molecule has 2 aromatic carbocycles. The summed E-state index contributed by atoms with van der Waals surface area (Å²) in [5, 5.41) is 25.3. The van der Waals surface area contributed by atoms with Gasteiger partial charge in [-0.1, -0.05) is 65.2 Å². The van der Waals surface area contributed by atoms with Crippen molar-refractivity contribution in [3.63, 3.8) is 0 Å². The Morgan fingerprint density at radius 2 is 1.04 bits per heavy atom. The van der Waals surface area contributed by atoms with Gasteiger partial charge in [0.2, 0.25) is 0 Å². The highest BCUT2D eigenvalue weighted by atomic mass is 16.5. The van der Waals surface area contributed by atoms with Gasteiger partial charge in [0.1, 0.15) is 11.5 Å². The molecule has 0 radical (unpaired) electrons. The molecule has 2 N–H and O–H groups in total. The molecule has 0 saturated carbocycles. The number of aromatic nitrogens is 2. The zero-order chi connectivity index (χ0) is 38.4. The summed E-state index contributed by atoms with van der Waals surface area (Å²) in [5.74, 6) is 4.76. The van der Waals surface area contributed by atoms with Crippen LogP contribution >= 0.6 is 0 Å². The first-order chi connectivity index (χ1) is 27.5. The van der Waals surface area contributed by atoms with Crippen molar-refractivity contribution in [2.24, 2.45) is 23.7 Å². The number of rotatable bonds is 19. The molecular formula is C48H66N4O4. The molecule has 6 saturated heterocycles. The Kier molecular flexibility index (Phi) is 13.1. The molecule has 302 valence electrons. The molecule has 6 fully saturated rings. The number of pyridine rings is 2. The minimum atomic E-state index is -0.506. The average Bonchev–Trinajstić information content (AvgIpc) is 3.25. The lowest BCUT2D eigenvalue weighted by atomic mass is 9.72. The van der Waals surface area contributed by atoms with Gasteiger partial charge in [0.05, 0.1) is 36.5 Å². The van der Waals surface area contributed by atoms with E-state index in [2.05, 4.69) is 45.7 Å². The van der Waals surface area contributed by atoms with E-state index in [1.807, 2.05) is 48.8 Å². The van der Waals surface area contributed by atoms with Crippen LogP contribution in [0.1, 0.15) is 127 Å². The Labute approximate surface area is 335 Å². The van der Waals surface area contributed by atoms with Crippen LogP contribution in [0.3, 0.4) is 0 Å². The molecule has 4 unspecified atom stereocenters. The third-order valence-corrected chi connectivity index (χ3v) is 14.4. The van der Waals surface area contributed by atoms with E-state index in [-0.39, 0.29) is 12.1 Å². The minimum absolute atomic E-state index is 0.192. The predicted molar refractivity (Wildman–Crippen MR) is 225 cm³/mol. The average molecular weight is 763 g/mol. The van der Waals surface area contributed by atoms with Crippen LogP contribution in [0.5, 0.6) is 11.5 Å². The molecule has 4 bridgehead atoms. The molecular weight excluding hydrogens is 697 g/mol. The summed E-state index contributed by atoms with van der Waals surface area (Å²) in [7, 11) is 0. The standard InChI is InChI=1S/C48H66N4O4/c1-3-33-31-51-23-19-35(33)27-45(51)47(53)39-17-21-49-43-15-13-37(29-41(39)43)55-25-11-9-7-5-6-8-10-12-26-56-38-14-16-44-42(30-38)40(18-22-50-44)48(54)46-28-36-20-24-52(46)32-34(36)4-2/h13-18,21-22,29-30,33-36,45-48,53-54H,3-12,19-20,23-28,31-32H2,1-2H3/t33-,34+,35-,36+,45-,46+,47?,48?. The third-order valence-electron chi connectivity index (χ3n) is 14.4. The van der Waals surface area contributed by atoms with E-state index in [0.717, 1.165) is 120 Å². The van der Waals surface area contributed by atoms with Gasteiger partial charge >= 0.3 is 0 Å². The maximum Gasteiger partial charge on any atom is 0.120 e. The van der Waals surface area contributed by atoms with Crippen molar-refractivity contribution < 1.29 is 19.7 Å². The summed E-state index contributed by atoms with van der Waals surface area (Å²) >= 11 is 0. The number of hydrogen-bond donors (Lipinski definition) is 2. The summed E-state index contributed by atoms with van der Waals surface area (Å²) < 4.78 is 12.4. The number of aliphatic hydroxyl groups excluding tert-OH is 2. The molecule has 6 aliphatic heterocycles. The Balaban J connectivity index is 0.720. The number of ether oxygens (including phenoxy) is 2. The zero-order valence-electron chi connectivity index (χ0n) is 34.0. The van der Waals surface area contributed by atoms with Gasteiger partial charge in [-0.15, -0.1) is 0 Å². The molecule has 0 amide bonds. The fourth-order valence-electron chi connectivity index (χ4n) is 11.0. The third kappa shape index (κ3) is 8.74. The van der Waals surface area contributed by atoms with Crippen molar-refractivity contribution in [2.45, 2.75) is 128 Å². The lowest BCUT2D eigenvalue weighted by Gasteiger charge is -2.51. The predicted octanol–water partition coefficient (Wildman–Crippen LogP) is 9.67. The second-order valence-electron chi connectivity index (χ2n) is 17.6. The van der Waals surface area contributed by atoms with Gasteiger partial charge in [-0.25, -0.2) is 0 Å². The number of hydrogen-bond acceptors (Lipinski definition) is 8. The van der Waals surface area contributed by atoms with E-state index < -0.39 is 12.2 Å². The second-order valence-corrected chi connectivity index (χ2v) is 17.6. The first kappa shape index (κ1) is 39.5. The van der Waals surface area contributed by atoms with Gasteiger partial charge < -0.3 is 19.7 Å². The van der Waals surface area contributed by atoms with Crippen LogP contribution in [0.15, 0.2) is 60.9 Å². The molecule has 4 aromatic rings. The molecule has 8 nitrogen and oxygen atoms in total. The number of fused-ring (bicyclic) bond motifs is 8. The molecule has 10 atom stereocenters. The van der Waals surface area contributed by atoms with Crippen LogP contribution in [-0.2, 0) is 0 Å². The van der Waals surface area contributed by atoms with Crippen LogP contribution in [-0.4, -0.2) is 81.5 Å². The van der Waals surface area contributed by atoms with E-state index in [1.165, 1.54) is 64.2 Å². The SMILES string of the molecule is CC[C@@H]1CN2CC[C@@H]1C[C@@H]2C(O)c1ccnc2ccc(OCCCCCCCCCCOc3ccc4nccc(C(O)[C@@H]5C[C@@H]6CCN5C[C@@H]6CC)c4c3)cc12. The van der Waals surface area contributed by atoms with Crippen LogP contribution in [0, 0.1) is 23.7 Å². The fraction of sp³-hybridized carbons (Fsp3) is 0.625. The monoisotopic (exact) mass is 763 g/mol. The van der Waals surface area contributed by atoms with Crippen LogP contribution in [0.4, 0.5) is 0 Å². The molecule has 56 heavy (non-hydrogen) atoms. The van der Waals surface area contributed by atoms with Gasteiger partial charge in [-0.05, 0) is 135 Å². The minimum Gasteiger partial charge on any atom is -0.494 e. The maximum atomic E-state index is 11.6. The van der Waals surface area contributed by atoms with Crippen LogP contribution in [0.25, 0.3) is 21.8 Å². The molecule has 6 aliphatic rings. The Morgan fingerprint density at radius 1 is 0.607 bits per heavy atom. The van der Waals surface area contributed by atoms with Gasteiger partial charge in [0, 0.05) is 48.3 Å². The number of benzene rings is 2. The molecule has 0 aliphatic carbocycles. The van der Waals surface area contributed by atoms with Gasteiger partial charge in [-0.2, -0.15) is 0 Å². The van der Waals surface area contributed by atoms with E-state index in [9.17, 15) is 10.2 Å². The van der Waals surface area contributed by atoms with E-state index in [4.69, 9.17) is 9.47 Å². The second kappa shape index (κ2) is 18.5. The van der Waals surface area contributed by atoms with E-state index in [0.29, 0.717) is 13.2 Å². The van der Waals surface area contributed by atoms with Crippen molar-refractivity contribution in [3.05, 3.63) is 72.1 Å². The summed E-state index contributed by atoms with van der Waals surface area (Å²) in [6, 6.07) is 16.7. The highest BCUT2D eigenvalue weighted by molar-refractivity contribution is 5.84. The maximum absolute atomic E-state index is 11.6. The summed E-state index contributed by atoms with van der Waals surface area (Å²) in [4.78, 5) is 14.3. The Hall–Kier alpha value is -3.30. The molecule has 2 aromatic heterocycles. The fourth-order valence-corrected chi connectivity index (χ4v) is 11.0. The smallest absolute Gasteiger partial charge is 0.120 e. The van der Waals surface area contributed by atoms with E-state index in [1.54, 1.807) is 0 Å².